The van der Waals surface area contributed by atoms with E-state index in [0.717, 1.165) is 32.1 Å². The van der Waals surface area contributed by atoms with Crippen molar-refractivity contribution in [1.82, 2.24) is 9.03 Å². The van der Waals surface area contributed by atoms with Gasteiger partial charge in [-0.1, -0.05) is 26.2 Å². The number of piperidine rings is 1. The summed E-state index contributed by atoms with van der Waals surface area (Å²) in [5, 5.41) is 9.33. The van der Waals surface area contributed by atoms with Crippen molar-refractivity contribution in [2.24, 2.45) is 11.8 Å². The largest absolute Gasteiger partial charge is 0.481 e. The molecule has 2 aliphatic rings. The van der Waals surface area contributed by atoms with E-state index in [2.05, 4.69) is 11.6 Å². The minimum atomic E-state index is -3.57. The normalized spacial score (nSPS) is 30.0. The zero-order chi connectivity index (χ0) is 15.5. The van der Waals surface area contributed by atoms with Crippen molar-refractivity contribution in [1.29, 1.82) is 0 Å². The van der Waals surface area contributed by atoms with Gasteiger partial charge in [0.2, 0.25) is 0 Å². The van der Waals surface area contributed by atoms with Gasteiger partial charge in [0.25, 0.3) is 10.2 Å². The van der Waals surface area contributed by atoms with Gasteiger partial charge in [-0.2, -0.15) is 17.4 Å². The van der Waals surface area contributed by atoms with Crippen molar-refractivity contribution >= 4 is 16.2 Å². The van der Waals surface area contributed by atoms with Crippen LogP contribution in [-0.4, -0.2) is 42.9 Å². The molecule has 0 amide bonds. The highest BCUT2D eigenvalue weighted by Gasteiger charge is 2.35. The lowest BCUT2D eigenvalue weighted by Gasteiger charge is -2.32. The van der Waals surface area contributed by atoms with Gasteiger partial charge in [0.1, 0.15) is 0 Å². The highest BCUT2D eigenvalue weighted by atomic mass is 32.2. The van der Waals surface area contributed by atoms with Crippen LogP contribution in [0.15, 0.2) is 0 Å². The maximum Gasteiger partial charge on any atom is 0.308 e. The number of hydrogen-bond donors (Lipinski definition) is 2. The van der Waals surface area contributed by atoms with Gasteiger partial charge >= 0.3 is 5.97 Å². The molecule has 1 heterocycles. The Kier molecular flexibility index (Phi) is 5.62. The molecular weight excluding hydrogens is 292 g/mol. The summed E-state index contributed by atoms with van der Waals surface area (Å²) in [6.07, 6.45) is 5.62. The monoisotopic (exact) mass is 318 g/mol. The second-order valence-electron chi connectivity index (χ2n) is 6.39. The summed E-state index contributed by atoms with van der Waals surface area (Å²) in [4.78, 5) is 11.4. The van der Waals surface area contributed by atoms with Crippen molar-refractivity contribution in [3.63, 3.8) is 0 Å². The van der Waals surface area contributed by atoms with Gasteiger partial charge in [0.15, 0.2) is 0 Å². The van der Waals surface area contributed by atoms with Crippen LogP contribution in [0, 0.1) is 11.8 Å². The Labute approximate surface area is 127 Å². The molecule has 2 unspecified atom stereocenters. The van der Waals surface area contributed by atoms with Gasteiger partial charge in [0, 0.05) is 19.1 Å². The van der Waals surface area contributed by atoms with Crippen molar-refractivity contribution in [2.75, 3.05) is 13.1 Å². The molecule has 2 N–H and O–H groups in total. The Morgan fingerprint density at radius 1 is 1.10 bits per heavy atom. The van der Waals surface area contributed by atoms with Gasteiger partial charge in [-0.05, 0) is 31.6 Å². The quantitative estimate of drug-likeness (QED) is 0.771. The summed E-state index contributed by atoms with van der Waals surface area (Å²) in [6.45, 7) is 3.19. The fourth-order valence-electron chi connectivity index (χ4n) is 3.24. The highest BCUT2D eigenvalue weighted by Crippen LogP contribution is 2.25. The Balaban J connectivity index is 2.04. The molecule has 0 aromatic heterocycles. The van der Waals surface area contributed by atoms with Crippen LogP contribution in [0.25, 0.3) is 0 Å². The average molecular weight is 318 g/mol. The standard InChI is InChI=1S/C14H26N2O4S/c1-11-7-9-16(10-8-11)21(19,20)15-13-6-4-2-3-5-12(13)14(17)18/h11-13,15H,2-10H2,1H3,(H,17,18). The lowest BCUT2D eigenvalue weighted by atomic mass is 9.96. The zero-order valence-corrected chi connectivity index (χ0v) is 13.4. The topological polar surface area (TPSA) is 86.7 Å². The third-order valence-corrected chi connectivity index (χ3v) is 6.36. The van der Waals surface area contributed by atoms with Crippen LogP contribution in [0.1, 0.15) is 51.9 Å². The van der Waals surface area contributed by atoms with Crippen LogP contribution < -0.4 is 4.72 Å². The smallest absolute Gasteiger partial charge is 0.308 e. The molecule has 1 saturated carbocycles. The molecule has 122 valence electrons. The molecule has 2 fully saturated rings. The summed E-state index contributed by atoms with van der Waals surface area (Å²) in [6, 6.07) is -0.477. The van der Waals surface area contributed by atoms with Crippen LogP contribution in [0.5, 0.6) is 0 Å². The van der Waals surface area contributed by atoms with Gasteiger partial charge in [0.05, 0.1) is 5.92 Å². The number of carbonyl (C=O) groups is 1. The molecule has 7 heteroatoms. The predicted molar refractivity (Wildman–Crippen MR) is 80.0 cm³/mol. The van der Waals surface area contributed by atoms with E-state index >= 15 is 0 Å². The van der Waals surface area contributed by atoms with E-state index in [0.29, 0.717) is 31.8 Å². The molecule has 1 saturated heterocycles. The molecule has 0 spiro atoms. The van der Waals surface area contributed by atoms with Crippen molar-refractivity contribution in [3.05, 3.63) is 0 Å². The third kappa shape index (κ3) is 4.40. The second-order valence-corrected chi connectivity index (χ2v) is 8.10. The maximum absolute atomic E-state index is 12.5. The first kappa shape index (κ1) is 16.7. The minimum Gasteiger partial charge on any atom is -0.481 e. The lowest BCUT2D eigenvalue weighted by Crippen LogP contribution is -2.51. The van der Waals surface area contributed by atoms with Crippen LogP contribution in [0.3, 0.4) is 0 Å². The minimum absolute atomic E-state index is 0.477. The molecule has 1 aliphatic carbocycles. The molecule has 0 aromatic carbocycles. The summed E-state index contributed by atoms with van der Waals surface area (Å²) < 4.78 is 29.1. The average Bonchev–Trinajstić information content (AvgIpc) is 2.64. The molecule has 2 atom stereocenters. The van der Waals surface area contributed by atoms with Gasteiger partial charge in [-0.25, -0.2) is 0 Å². The molecule has 21 heavy (non-hydrogen) atoms. The fraction of sp³-hybridized carbons (Fsp3) is 0.929. The van der Waals surface area contributed by atoms with Gasteiger partial charge < -0.3 is 5.11 Å². The molecule has 6 nitrogen and oxygen atoms in total. The first-order valence-corrected chi connectivity index (χ1v) is 9.34. The number of hydrogen-bond acceptors (Lipinski definition) is 3. The van der Waals surface area contributed by atoms with E-state index in [1.165, 1.54) is 4.31 Å². The summed E-state index contributed by atoms with van der Waals surface area (Å²) in [5.74, 6) is -0.941. The summed E-state index contributed by atoms with van der Waals surface area (Å²) >= 11 is 0. The number of nitrogens with one attached hydrogen (secondary N) is 1. The van der Waals surface area contributed by atoms with Gasteiger partial charge in [-0.3, -0.25) is 4.79 Å². The number of nitrogens with zero attached hydrogens (tertiary/aromatic N) is 1. The Bertz CT molecular complexity index is 458. The number of aliphatic carboxylic acids is 1. The first-order valence-electron chi connectivity index (χ1n) is 7.90. The van der Waals surface area contributed by atoms with E-state index in [4.69, 9.17) is 0 Å². The maximum atomic E-state index is 12.5. The van der Waals surface area contributed by atoms with Crippen molar-refractivity contribution in [3.8, 4) is 0 Å². The fourth-order valence-corrected chi connectivity index (χ4v) is 4.74. The van der Waals surface area contributed by atoms with E-state index < -0.39 is 28.1 Å². The van der Waals surface area contributed by atoms with Crippen LogP contribution in [0.2, 0.25) is 0 Å². The second kappa shape index (κ2) is 7.07. The predicted octanol–water partition coefficient (Wildman–Crippen LogP) is 1.59. The third-order valence-electron chi connectivity index (χ3n) is 4.72. The molecule has 0 bridgehead atoms. The van der Waals surface area contributed by atoms with E-state index in [1.807, 2.05) is 0 Å². The first-order chi connectivity index (χ1) is 9.90. The zero-order valence-electron chi connectivity index (χ0n) is 12.6. The molecule has 0 radical (unpaired) electrons. The molecular formula is C14H26N2O4S. The SMILES string of the molecule is CC1CCN(S(=O)(=O)NC2CCCCCC2C(=O)O)CC1. The molecule has 1 aliphatic heterocycles. The van der Waals surface area contributed by atoms with Crippen molar-refractivity contribution < 1.29 is 18.3 Å². The summed E-state index contributed by atoms with van der Waals surface area (Å²) in [5.41, 5.74) is 0. The molecule has 0 aromatic rings. The number of carboxylic acids is 1. The Morgan fingerprint density at radius 2 is 1.71 bits per heavy atom. The van der Waals surface area contributed by atoms with E-state index in [9.17, 15) is 18.3 Å². The van der Waals surface area contributed by atoms with Crippen LogP contribution in [-0.2, 0) is 15.0 Å². The van der Waals surface area contributed by atoms with Crippen LogP contribution >= 0.6 is 0 Å². The number of carboxylic acid groups (broad SMARTS) is 1. The van der Waals surface area contributed by atoms with E-state index in [1.54, 1.807) is 0 Å². The lowest BCUT2D eigenvalue weighted by molar-refractivity contribution is -0.142. The van der Waals surface area contributed by atoms with Crippen LogP contribution in [0.4, 0.5) is 0 Å². The molecule has 2 rings (SSSR count). The summed E-state index contributed by atoms with van der Waals surface area (Å²) in [7, 11) is -3.57. The van der Waals surface area contributed by atoms with E-state index in [-0.39, 0.29) is 0 Å². The Morgan fingerprint density at radius 3 is 2.33 bits per heavy atom. The highest BCUT2D eigenvalue weighted by molar-refractivity contribution is 7.87. The van der Waals surface area contributed by atoms with Gasteiger partial charge in [-0.15, -0.1) is 0 Å². The Hall–Kier alpha value is -0.660. The van der Waals surface area contributed by atoms with Crippen molar-refractivity contribution in [2.45, 2.75) is 57.9 Å². The number of rotatable bonds is 4.